The Hall–Kier alpha value is -2.73. The van der Waals surface area contributed by atoms with Gasteiger partial charge in [-0.05, 0) is 24.6 Å². The number of thiol groups is 1. The number of pyridine rings is 1. The van der Waals surface area contributed by atoms with Gasteiger partial charge in [-0.1, -0.05) is 35.9 Å². The number of aryl methyl sites for hydroxylation is 1. The van der Waals surface area contributed by atoms with Crippen molar-refractivity contribution < 1.29 is 4.79 Å². The van der Waals surface area contributed by atoms with E-state index in [1.807, 2.05) is 49.5 Å². The quantitative estimate of drug-likeness (QED) is 0.533. The molecule has 1 aliphatic heterocycles. The SMILES string of the molecule is Cc1cccc(CC(=O)c2cccc(N3CCc4nc(CS)ncc4C3)n2)c1. The molecule has 0 bridgehead atoms. The molecule has 0 atom stereocenters. The molecule has 0 unspecified atom stereocenters. The van der Waals surface area contributed by atoms with Crippen molar-refractivity contribution in [3.63, 3.8) is 0 Å². The monoisotopic (exact) mass is 390 g/mol. The highest BCUT2D eigenvalue weighted by atomic mass is 32.1. The Morgan fingerprint density at radius 3 is 2.86 bits per heavy atom. The first-order valence-corrected chi connectivity index (χ1v) is 10.0. The van der Waals surface area contributed by atoms with E-state index in [0.29, 0.717) is 24.4 Å². The maximum absolute atomic E-state index is 12.7. The lowest BCUT2D eigenvalue weighted by atomic mass is 10.0. The zero-order valence-electron chi connectivity index (χ0n) is 15.8. The molecule has 3 aromatic rings. The fourth-order valence-electron chi connectivity index (χ4n) is 3.48. The first-order chi connectivity index (χ1) is 13.6. The number of hydrogen-bond donors (Lipinski definition) is 1. The molecule has 28 heavy (non-hydrogen) atoms. The Labute approximate surface area is 170 Å². The summed E-state index contributed by atoms with van der Waals surface area (Å²) in [5.41, 5.74) is 4.87. The summed E-state index contributed by atoms with van der Waals surface area (Å²) < 4.78 is 0. The summed E-state index contributed by atoms with van der Waals surface area (Å²) in [6.07, 6.45) is 3.08. The van der Waals surface area contributed by atoms with Gasteiger partial charge in [0.25, 0.3) is 0 Å². The average molecular weight is 391 g/mol. The fraction of sp³-hybridized carbons (Fsp3) is 0.273. The zero-order chi connectivity index (χ0) is 19.5. The van der Waals surface area contributed by atoms with Gasteiger partial charge in [-0.3, -0.25) is 4.79 Å². The Morgan fingerprint density at radius 1 is 1.18 bits per heavy atom. The van der Waals surface area contributed by atoms with Crippen LogP contribution in [0.2, 0.25) is 0 Å². The highest BCUT2D eigenvalue weighted by molar-refractivity contribution is 7.79. The number of ketones is 1. The van der Waals surface area contributed by atoms with E-state index >= 15 is 0 Å². The summed E-state index contributed by atoms with van der Waals surface area (Å²) in [5, 5.41) is 0. The topological polar surface area (TPSA) is 59.0 Å². The van der Waals surface area contributed by atoms with Crippen LogP contribution >= 0.6 is 12.6 Å². The maximum Gasteiger partial charge on any atom is 0.185 e. The number of benzene rings is 1. The van der Waals surface area contributed by atoms with Crippen molar-refractivity contribution in [2.24, 2.45) is 0 Å². The normalized spacial score (nSPS) is 13.3. The summed E-state index contributed by atoms with van der Waals surface area (Å²) >= 11 is 4.25. The maximum atomic E-state index is 12.7. The predicted molar refractivity (Wildman–Crippen MR) is 113 cm³/mol. The lowest BCUT2D eigenvalue weighted by molar-refractivity contribution is 0.0988. The van der Waals surface area contributed by atoms with Gasteiger partial charge < -0.3 is 4.90 Å². The van der Waals surface area contributed by atoms with Crippen LogP contribution in [0.4, 0.5) is 5.82 Å². The van der Waals surface area contributed by atoms with E-state index in [2.05, 4.69) is 32.5 Å². The molecule has 142 valence electrons. The van der Waals surface area contributed by atoms with Gasteiger partial charge in [0.2, 0.25) is 0 Å². The van der Waals surface area contributed by atoms with E-state index < -0.39 is 0 Å². The molecular formula is C22H22N4OS. The molecular weight excluding hydrogens is 368 g/mol. The van der Waals surface area contributed by atoms with Gasteiger partial charge in [0.05, 0.1) is 11.4 Å². The fourth-order valence-corrected chi connectivity index (χ4v) is 3.63. The molecule has 2 aromatic heterocycles. The van der Waals surface area contributed by atoms with E-state index in [-0.39, 0.29) is 5.78 Å². The van der Waals surface area contributed by atoms with Crippen LogP contribution in [0.25, 0.3) is 0 Å². The second-order valence-corrected chi connectivity index (χ2v) is 7.37. The molecule has 1 aromatic carbocycles. The summed E-state index contributed by atoms with van der Waals surface area (Å²) in [6.45, 7) is 3.55. The largest absolute Gasteiger partial charge is 0.352 e. The van der Waals surface area contributed by atoms with E-state index in [1.54, 1.807) is 6.07 Å². The predicted octanol–water partition coefficient (Wildman–Crippen LogP) is 3.60. The van der Waals surface area contributed by atoms with Crippen LogP contribution in [0.1, 0.15) is 38.7 Å². The lowest BCUT2D eigenvalue weighted by Gasteiger charge is -2.29. The Bertz CT molecular complexity index is 1020. The molecule has 0 aliphatic carbocycles. The number of aromatic nitrogens is 3. The molecule has 3 heterocycles. The Morgan fingerprint density at radius 2 is 2.04 bits per heavy atom. The molecule has 0 radical (unpaired) electrons. The molecule has 4 rings (SSSR count). The van der Waals surface area contributed by atoms with Crippen molar-refractivity contribution in [1.29, 1.82) is 0 Å². The number of Topliss-reactive ketones (excluding diaryl/α,β-unsaturated/α-hetero) is 1. The number of hydrogen-bond acceptors (Lipinski definition) is 6. The van der Waals surface area contributed by atoms with E-state index in [1.165, 1.54) is 0 Å². The molecule has 0 saturated heterocycles. The van der Waals surface area contributed by atoms with Crippen LogP contribution in [0.15, 0.2) is 48.7 Å². The summed E-state index contributed by atoms with van der Waals surface area (Å²) in [5.74, 6) is 2.16. The molecule has 0 fully saturated rings. The van der Waals surface area contributed by atoms with Crippen molar-refractivity contribution in [2.45, 2.75) is 32.1 Å². The third-order valence-electron chi connectivity index (χ3n) is 4.92. The van der Waals surface area contributed by atoms with Crippen LogP contribution < -0.4 is 4.90 Å². The minimum absolute atomic E-state index is 0.0339. The standard InChI is InChI=1S/C22H22N4OS/c1-15-4-2-5-16(10-15)11-20(27)19-6-3-7-22(25-19)26-9-8-18-17(13-26)12-23-21(14-28)24-18/h2-7,10,12,28H,8-9,11,13-14H2,1H3. The van der Waals surface area contributed by atoms with Crippen molar-refractivity contribution in [2.75, 3.05) is 11.4 Å². The van der Waals surface area contributed by atoms with Gasteiger partial charge in [-0.15, -0.1) is 0 Å². The van der Waals surface area contributed by atoms with Crippen LogP contribution in [-0.2, 0) is 25.1 Å². The number of carbonyl (C=O) groups is 1. The highest BCUT2D eigenvalue weighted by Gasteiger charge is 2.20. The van der Waals surface area contributed by atoms with Crippen molar-refractivity contribution in [1.82, 2.24) is 15.0 Å². The van der Waals surface area contributed by atoms with Gasteiger partial charge in [-0.25, -0.2) is 15.0 Å². The molecule has 5 nitrogen and oxygen atoms in total. The average Bonchev–Trinajstić information content (AvgIpc) is 2.73. The molecule has 6 heteroatoms. The molecule has 0 amide bonds. The minimum Gasteiger partial charge on any atom is -0.352 e. The zero-order valence-corrected chi connectivity index (χ0v) is 16.7. The first kappa shape index (κ1) is 18.6. The minimum atomic E-state index is 0.0339. The van der Waals surface area contributed by atoms with Gasteiger partial charge in [0.15, 0.2) is 5.78 Å². The van der Waals surface area contributed by atoms with Crippen LogP contribution in [0, 0.1) is 6.92 Å². The second kappa shape index (κ2) is 8.10. The van der Waals surface area contributed by atoms with Crippen molar-refractivity contribution in [3.05, 3.63) is 82.6 Å². The summed E-state index contributed by atoms with van der Waals surface area (Å²) in [4.78, 5) is 28.5. The van der Waals surface area contributed by atoms with Gasteiger partial charge in [0, 0.05) is 37.7 Å². The number of anilines is 1. The number of nitrogens with zero attached hydrogens (tertiary/aromatic N) is 4. The highest BCUT2D eigenvalue weighted by Crippen LogP contribution is 2.22. The summed E-state index contributed by atoms with van der Waals surface area (Å²) in [7, 11) is 0. The molecule has 1 aliphatic rings. The van der Waals surface area contributed by atoms with E-state index in [0.717, 1.165) is 47.0 Å². The third kappa shape index (κ3) is 4.07. The first-order valence-electron chi connectivity index (χ1n) is 9.37. The second-order valence-electron chi connectivity index (χ2n) is 7.06. The van der Waals surface area contributed by atoms with Crippen molar-refractivity contribution in [3.8, 4) is 0 Å². The smallest absolute Gasteiger partial charge is 0.185 e. The lowest BCUT2D eigenvalue weighted by Crippen LogP contribution is -2.32. The van der Waals surface area contributed by atoms with E-state index in [4.69, 9.17) is 0 Å². The van der Waals surface area contributed by atoms with Crippen LogP contribution in [-0.4, -0.2) is 27.3 Å². The summed E-state index contributed by atoms with van der Waals surface area (Å²) in [6, 6.07) is 13.7. The van der Waals surface area contributed by atoms with Gasteiger partial charge in [-0.2, -0.15) is 12.6 Å². The number of carbonyl (C=O) groups excluding carboxylic acids is 1. The molecule has 0 N–H and O–H groups in total. The van der Waals surface area contributed by atoms with E-state index in [9.17, 15) is 4.79 Å². The molecule has 0 saturated carbocycles. The third-order valence-corrected chi connectivity index (χ3v) is 5.20. The molecule has 0 spiro atoms. The van der Waals surface area contributed by atoms with Crippen LogP contribution in [0.3, 0.4) is 0 Å². The number of fused-ring (bicyclic) bond motifs is 1. The van der Waals surface area contributed by atoms with Gasteiger partial charge in [0.1, 0.15) is 17.3 Å². The Kier molecular flexibility index (Phi) is 5.39. The Balaban J connectivity index is 1.51. The number of rotatable bonds is 5. The van der Waals surface area contributed by atoms with Crippen molar-refractivity contribution >= 4 is 24.2 Å². The van der Waals surface area contributed by atoms with Crippen LogP contribution in [0.5, 0.6) is 0 Å². The van der Waals surface area contributed by atoms with Gasteiger partial charge >= 0.3 is 0 Å².